The topological polar surface area (TPSA) is 58.9 Å². The van der Waals surface area contributed by atoms with E-state index >= 15 is 0 Å². The standard InChI is InChI=1S/C13H26O4/c1-13(2,11-7-4-3-5-8-11)17-12(14)9-6-10-16-15/h11-12,14-15H,3-10H2,1-2H3. The fourth-order valence-electron chi connectivity index (χ4n) is 2.63. The molecule has 4 nitrogen and oxygen atoms in total. The van der Waals surface area contributed by atoms with Crippen molar-refractivity contribution >= 4 is 0 Å². The molecule has 0 amide bonds. The van der Waals surface area contributed by atoms with Gasteiger partial charge in [-0.05, 0) is 39.0 Å². The third-order valence-electron chi connectivity index (χ3n) is 3.71. The second kappa shape index (κ2) is 7.31. The van der Waals surface area contributed by atoms with E-state index in [-0.39, 0.29) is 12.2 Å². The average Bonchev–Trinajstić information content (AvgIpc) is 2.30. The molecule has 4 heteroatoms. The number of ether oxygens (including phenoxy) is 1. The van der Waals surface area contributed by atoms with Gasteiger partial charge in [0.05, 0.1) is 12.2 Å². The Morgan fingerprint density at radius 2 is 1.88 bits per heavy atom. The van der Waals surface area contributed by atoms with Gasteiger partial charge in [0.2, 0.25) is 0 Å². The van der Waals surface area contributed by atoms with E-state index in [9.17, 15) is 5.11 Å². The number of hydrogen-bond acceptors (Lipinski definition) is 4. The summed E-state index contributed by atoms with van der Waals surface area (Å²) in [5.41, 5.74) is -0.264. The van der Waals surface area contributed by atoms with E-state index < -0.39 is 6.29 Å². The van der Waals surface area contributed by atoms with Crippen LogP contribution in [0.5, 0.6) is 0 Å². The second-order valence-electron chi connectivity index (χ2n) is 5.49. The summed E-state index contributed by atoms with van der Waals surface area (Å²) in [5.74, 6) is 0.542. The largest absolute Gasteiger partial charge is 0.368 e. The lowest BCUT2D eigenvalue weighted by molar-refractivity contribution is -0.247. The minimum absolute atomic E-state index is 0.240. The summed E-state index contributed by atoms with van der Waals surface area (Å²) >= 11 is 0. The van der Waals surface area contributed by atoms with Crippen molar-refractivity contribution in [2.24, 2.45) is 5.92 Å². The zero-order valence-electron chi connectivity index (χ0n) is 11.0. The molecule has 1 aliphatic carbocycles. The van der Waals surface area contributed by atoms with Crippen molar-refractivity contribution in [3.05, 3.63) is 0 Å². The molecule has 0 aromatic rings. The zero-order valence-corrected chi connectivity index (χ0v) is 11.0. The van der Waals surface area contributed by atoms with Crippen LogP contribution in [0.25, 0.3) is 0 Å². The lowest BCUT2D eigenvalue weighted by atomic mass is 9.79. The summed E-state index contributed by atoms with van der Waals surface area (Å²) in [4.78, 5) is 3.97. The van der Waals surface area contributed by atoms with E-state index in [0.717, 1.165) is 0 Å². The first-order valence-electron chi connectivity index (χ1n) is 6.68. The summed E-state index contributed by atoms with van der Waals surface area (Å²) in [5, 5.41) is 18.0. The van der Waals surface area contributed by atoms with Crippen molar-refractivity contribution in [3.8, 4) is 0 Å². The van der Waals surface area contributed by atoms with E-state index in [1.165, 1.54) is 32.1 Å². The van der Waals surface area contributed by atoms with Crippen LogP contribution in [0, 0.1) is 5.92 Å². The minimum Gasteiger partial charge on any atom is -0.368 e. The molecule has 0 bridgehead atoms. The summed E-state index contributed by atoms with van der Waals surface area (Å²) in [6, 6.07) is 0. The van der Waals surface area contributed by atoms with Gasteiger partial charge < -0.3 is 9.84 Å². The molecule has 1 rings (SSSR count). The number of aliphatic hydroxyl groups excluding tert-OH is 1. The van der Waals surface area contributed by atoms with Crippen molar-refractivity contribution in [3.63, 3.8) is 0 Å². The van der Waals surface area contributed by atoms with Gasteiger partial charge in [-0.15, -0.1) is 0 Å². The lowest BCUT2D eigenvalue weighted by Gasteiger charge is -2.38. The fraction of sp³-hybridized carbons (Fsp3) is 1.00. The molecule has 0 saturated heterocycles. The van der Waals surface area contributed by atoms with Crippen molar-refractivity contribution in [2.75, 3.05) is 6.61 Å². The molecule has 0 heterocycles. The second-order valence-corrected chi connectivity index (χ2v) is 5.49. The van der Waals surface area contributed by atoms with Crippen LogP contribution in [0.2, 0.25) is 0 Å². The highest BCUT2D eigenvalue weighted by Crippen LogP contribution is 2.35. The number of hydrogen-bond donors (Lipinski definition) is 2. The Morgan fingerprint density at radius 1 is 1.24 bits per heavy atom. The van der Waals surface area contributed by atoms with Gasteiger partial charge in [0.15, 0.2) is 6.29 Å². The van der Waals surface area contributed by atoms with Gasteiger partial charge in [0.1, 0.15) is 0 Å². The Labute approximate surface area is 104 Å². The van der Waals surface area contributed by atoms with Crippen molar-refractivity contribution in [1.82, 2.24) is 0 Å². The Kier molecular flexibility index (Phi) is 6.41. The van der Waals surface area contributed by atoms with E-state index in [1.807, 2.05) is 0 Å². The molecule has 2 N–H and O–H groups in total. The third kappa shape index (κ3) is 5.34. The van der Waals surface area contributed by atoms with Crippen LogP contribution in [-0.4, -0.2) is 28.9 Å². The SMILES string of the molecule is CC(C)(OC(O)CCCOO)C1CCCCC1. The lowest BCUT2D eigenvalue weighted by Crippen LogP contribution is -2.39. The van der Waals surface area contributed by atoms with Crippen LogP contribution in [0.3, 0.4) is 0 Å². The highest BCUT2D eigenvalue weighted by molar-refractivity contribution is 4.82. The molecule has 0 aromatic heterocycles. The molecule has 1 saturated carbocycles. The average molecular weight is 246 g/mol. The van der Waals surface area contributed by atoms with E-state index in [2.05, 4.69) is 18.7 Å². The first-order valence-corrected chi connectivity index (χ1v) is 6.68. The number of rotatable bonds is 7. The highest BCUT2D eigenvalue weighted by Gasteiger charge is 2.33. The molecule has 1 atom stereocenters. The summed E-state index contributed by atoms with van der Waals surface area (Å²) in [7, 11) is 0. The molecule has 1 aliphatic rings. The predicted molar refractivity (Wildman–Crippen MR) is 65.6 cm³/mol. The molecule has 0 spiro atoms. The summed E-state index contributed by atoms with van der Waals surface area (Å²) < 4.78 is 5.74. The van der Waals surface area contributed by atoms with Crippen LogP contribution in [-0.2, 0) is 9.62 Å². The Morgan fingerprint density at radius 3 is 2.47 bits per heavy atom. The first-order chi connectivity index (χ1) is 8.06. The maximum Gasteiger partial charge on any atom is 0.155 e. The highest BCUT2D eigenvalue weighted by atomic mass is 17.1. The molecule has 0 radical (unpaired) electrons. The van der Waals surface area contributed by atoms with Gasteiger partial charge in [0.25, 0.3) is 0 Å². The van der Waals surface area contributed by atoms with Gasteiger partial charge >= 0.3 is 0 Å². The van der Waals surface area contributed by atoms with E-state index in [0.29, 0.717) is 18.8 Å². The molecule has 1 unspecified atom stereocenters. The quantitative estimate of drug-likeness (QED) is 0.314. The molecule has 1 fully saturated rings. The molecule has 17 heavy (non-hydrogen) atoms. The van der Waals surface area contributed by atoms with Gasteiger partial charge in [-0.1, -0.05) is 19.3 Å². The number of aliphatic hydroxyl groups is 1. The normalized spacial score (nSPS) is 20.5. The maximum absolute atomic E-state index is 9.78. The van der Waals surface area contributed by atoms with Crippen LogP contribution >= 0.6 is 0 Å². The zero-order chi connectivity index (χ0) is 12.7. The van der Waals surface area contributed by atoms with Gasteiger partial charge in [-0.25, -0.2) is 4.89 Å². The minimum atomic E-state index is -0.762. The first kappa shape index (κ1) is 14.9. The fourth-order valence-corrected chi connectivity index (χ4v) is 2.63. The van der Waals surface area contributed by atoms with E-state index in [4.69, 9.17) is 9.99 Å². The summed E-state index contributed by atoms with van der Waals surface area (Å²) in [6.07, 6.45) is 6.58. The Bertz CT molecular complexity index is 200. The van der Waals surface area contributed by atoms with E-state index in [1.54, 1.807) is 0 Å². The van der Waals surface area contributed by atoms with Crippen LogP contribution in [0.4, 0.5) is 0 Å². The summed E-state index contributed by atoms with van der Waals surface area (Å²) in [6.45, 7) is 4.37. The third-order valence-corrected chi connectivity index (χ3v) is 3.71. The maximum atomic E-state index is 9.78. The molecule has 0 aromatic carbocycles. The van der Waals surface area contributed by atoms with Gasteiger partial charge in [-0.2, -0.15) is 0 Å². The van der Waals surface area contributed by atoms with Gasteiger partial charge in [-0.3, -0.25) is 5.26 Å². The van der Waals surface area contributed by atoms with Crippen molar-refractivity contribution in [2.45, 2.75) is 70.7 Å². The van der Waals surface area contributed by atoms with Crippen LogP contribution in [0.1, 0.15) is 58.8 Å². The van der Waals surface area contributed by atoms with Gasteiger partial charge in [0, 0.05) is 6.42 Å². The van der Waals surface area contributed by atoms with Crippen LogP contribution < -0.4 is 0 Å². The Hall–Kier alpha value is -0.160. The monoisotopic (exact) mass is 246 g/mol. The Balaban J connectivity index is 2.30. The van der Waals surface area contributed by atoms with Crippen molar-refractivity contribution < 1.29 is 20.0 Å². The van der Waals surface area contributed by atoms with Crippen molar-refractivity contribution in [1.29, 1.82) is 0 Å². The predicted octanol–water partition coefficient (Wildman–Crippen LogP) is 2.95. The smallest absolute Gasteiger partial charge is 0.155 e. The van der Waals surface area contributed by atoms with Crippen LogP contribution in [0.15, 0.2) is 0 Å². The molecular formula is C13H26O4. The molecule has 0 aliphatic heterocycles. The molecule has 102 valence electrons. The molecular weight excluding hydrogens is 220 g/mol.